The van der Waals surface area contributed by atoms with Crippen LogP contribution < -0.4 is 11.5 Å². The van der Waals surface area contributed by atoms with Crippen molar-refractivity contribution in [2.75, 3.05) is 24.6 Å². The normalized spacial score (nSPS) is 16.2. The van der Waals surface area contributed by atoms with Gasteiger partial charge in [-0.05, 0) is 49.1 Å². The number of aryl methyl sites for hydroxylation is 1. The van der Waals surface area contributed by atoms with Crippen LogP contribution in [0.15, 0.2) is 47.4 Å². The molecule has 4 N–H and O–H groups in total. The third-order valence-corrected chi connectivity index (χ3v) is 7.25. The molecule has 1 aliphatic rings. The summed E-state index contributed by atoms with van der Waals surface area (Å²) in [5, 5.41) is 0.742. The molecule has 158 valence electrons. The van der Waals surface area contributed by atoms with Gasteiger partial charge in [-0.1, -0.05) is 24.3 Å². The zero-order valence-electron chi connectivity index (χ0n) is 16.8. The van der Waals surface area contributed by atoms with E-state index in [1.165, 1.54) is 4.31 Å². The predicted octanol–water partition coefficient (Wildman–Crippen LogP) is 2.47. The molecule has 0 unspecified atom stereocenters. The van der Waals surface area contributed by atoms with Gasteiger partial charge in [0.25, 0.3) is 0 Å². The Balaban J connectivity index is 1.41. The number of piperidine rings is 1. The molecule has 1 aromatic heterocycles. The molecule has 2 aromatic carbocycles. The van der Waals surface area contributed by atoms with Gasteiger partial charge in [-0.25, -0.2) is 13.4 Å². The number of sulfonamides is 1. The van der Waals surface area contributed by atoms with Gasteiger partial charge in [-0.3, -0.25) is 0 Å². The van der Waals surface area contributed by atoms with Crippen molar-refractivity contribution in [3.8, 4) is 0 Å². The van der Waals surface area contributed by atoms with E-state index in [9.17, 15) is 8.42 Å². The molecule has 0 amide bonds. The Bertz CT molecular complexity index is 1170. The fourth-order valence-electron chi connectivity index (χ4n) is 3.80. The van der Waals surface area contributed by atoms with Crippen molar-refractivity contribution in [1.82, 2.24) is 14.3 Å². The molecule has 0 aliphatic carbocycles. The molecule has 8 nitrogen and oxygen atoms in total. The first-order valence-corrected chi connectivity index (χ1v) is 11.3. The number of anilines is 2. The van der Waals surface area contributed by atoms with Gasteiger partial charge in [-0.2, -0.15) is 9.29 Å². The van der Waals surface area contributed by atoms with Crippen LogP contribution in [0.2, 0.25) is 0 Å². The molecule has 0 spiro atoms. The number of ether oxygens (including phenoxy) is 1. The number of nitrogens with two attached hydrogens (primary N) is 2. The zero-order chi connectivity index (χ0) is 21.3. The van der Waals surface area contributed by atoms with Crippen molar-refractivity contribution in [2.45, 2.75) is 37.4 Å². The van der Waals surface area contributed by atoms with Gasteiger partial charge >= 0.3 is 0 Å². The third kappa shape index (κ3) is 4.09. The lowest BCUT2D eigenvalue weighted by Gasteiger charge is -2.31. The lowest BCUT2D eigenvalue weighted by atomic mass is 10.1. The third-order valence-electron chi connectivity index (χ3n) is 5.36. The summed E-state index contributed by atoms with van der Waals surface area (Å²) in [6, 6.07) is 12.6. The van der Waals surface area contributed by atoms with Crippen LogP contribution >= 0.6 is 0 Å². The van der Waals surface area contributed by atoms with Crippen molar-refractivity contribution >= 4 is 32.7 Å². The molecule has 0 atom stereocenters. The van der Waals surface area contributed by atoms with Crippen LogP contribution in [-0.2, 0) is 21.4 Å². The van der Waals surface area contributed by atoms with Crippen LogP contribution in [0.5, 0.6) is 0 Å². The molecule has 0 radical (unpaired) electrons. The number of nitrogen functional groups attached to an aromatic ring is 2. The fraction of sp³-hybridized carbons (Fsp3) is 0.333. The summed E-state index contributed by atoms with van der Waals surface area (Å²) in [7, 11) is -3.48. The lowest BCUT2D eigenvalue weighted by Crippen LogP contribution is -2.40. The van der Waals surface area contributed by atoms with E-state index in [-0.39, 0.29) is 12.1 Å². The minimum absolute atomic E-state index is 0.0276. The molecule has 2 heterocycles. The Morgan fingerprint density at radius 1 is 1.10 bits per heavy atom. The topological polar surface area (TPSA) is 124 Å². The number of hydrogen-bond acceptors (Lipinski definition) is 7. The first-order chi connectivity index (χ1) is 14.3. The number of hydrogen-bond donors (Lipinski definition) is 2. The second kappa shape index (κ2) is 8.17. The number of rotatable bonds is 5. The van der Waals surface area contributed by atoms with Crippen molar-refractivity contribution in [3.63, 3.8) is 0 Å². The Morgan fingerprint density at radius 2 is 1.83 bits per heavy atom. The maximum atomic E-state index is 12.9. The van der Waals surface area contributed by atoms with E-state index in [1.54, 1.807) is 18.2 Å². The first kappa shape index (κ1) is 20.5. The molecule has 0 bridgehead atoms. The van der Waals surface area contributed by atoms with Gasteiger partial charge in [0, 0.05) is 18.5 Å². The number of nitrogens with zero attached hydrogens (tertiary/aromatic N) is 3. The molecule has 9 heteroatoms. The first-order valence-electron chi connectivity index (χ1n) is 9.83. The minimum atomic E-state index is -3.48. The van der Waals surface area contributed by atoms with E-state index >= 15 is 0 Å². The Hall–Kier alpha value is -2.75. The summed E-state index contributed by atoms with van der Waals surface area (Å²) in [6.07, 6.45) is 1.24. The van der Waals surface area contributed by atoms with E-state index < -0.39 is 10.0 Å². The highest BCUT2D eigenvalue weighted by molar-refractivity contribution is 7.89. The monoisotopic (exact) mass is 427 g/mol. The minimum Gasteiger partial charge on any atom is -0.383 e. The average Bonchev–Trinajstić information content (AvgIpc) is 2.72. The molecule has 1 aliphatic heterocycles. The number of aromatic nitrogens is 2. The summed E-state index contributed by atoms with van der Waals surface area (Å²) >= 11 is 0. The van der Waals surface area contributed by atoms with Crippen molar-refractivity contribution in [1.29, 1.82) is 0 Å². The van der Waals surface area contributed by atoms with E-state index in [0.29, 0.717) is 48.8 Å². The summed E-state index contributed by atoms with van der Waals surface area (Å²) in [6.45, 7) is 3.10. The van der Waals surface area contributed by atoms with E-state index in [4.69, 9.17) is 16.2 Å². The molecule has 1 fully saturated rings. The van der Waals surface area contributed by atoms with Crippen LogP contribution in [0.4, 0.5) is 11.8 Å². The van der Waals surface area contributed by atoms with Gasteiger partial charge in [0.2, 0.25) is 16.0 Å². The van der Waals surface area contributed by atoms with E-state index in [1.807, 2.05) is 31.2 Å². The van der Waals surface area contributed by atoms with Crippen LogP contribution in [-0.4, -0.2) is 41.9 Å². The molecule has 4 rings (SSSR count). The maximum Gasteiger partial charge on any atom is 0.243 e. The largest absolute Gasteiger partial charge is 0.383 e. The molecular weight excluding hydrogens is 402 g/mol. The number of fused-ring (bicyclic) bond motifs is 1. The summed E-state index contributed by atoms with van der Waals surface area (Å²) in [4.78, 5) is 8.61. The lowest BCUT2D eigenvalue weighted by molar-refractivity contribution is 0.0107. The van der Waals surface area contributed by atoms with Crippen LogP contribution in [0, 0.1) is 6.92 Å². The van der Waals surface area contributed by atoms with Crippen molar-refractivity contribution in [2.24, 2.45) is 0 Å². The summed E-state index contributed by atoms with van der Waals surface area (Å²) < 4.78 is 33.4. The Morgan fingerprint density at radius 3 is 2.57 bits per heavy atom. The second-order valence-electron chi connectivity index (χ2n) is 7.51. The van der Waals surface area contributed by atoms with Crippen LogP contribution in [0.25, 0.3) is 10.9 Å². The smallest absolute Gasteiger partial charge is 0.243 e. The van der Waals surface area contributed by atoms with Crippen LogP contribution in [0.1, 0.15) is 24.0 Å². The molecule has 1 saturated heterocycles. The highest BCUT2D eigenvalue weighted by Crippen LogP contribution is 2.26. The molecule has 3 aromatic rings. The predicted molar refractivity (Wildman–Crippen MR) is 116 cm³/mol. The van der Waals surface area contributed by atoms with E-state index in [0.717, 1.165) is 16.5 Å². The van der Waals surface area contributed by atoms with Crippen LogP contribution in [0.3, 0.4) is 0 Å². The van der Waals surface area contributed by atoms with Gasteiger partial charge < -0.3 is 16.2 Å². The van der Waals surface area contributed by atoms with Crippen molar-refractivity contribution in [3.05, 3.63) is 53.6 Å². The number of benzene rings is 2. The van der Waals surface area contributed by atoms with Gasteiger partial charge in [0.15, 0.2) is 0 Å². The molecule has 30 heavy (non-hydrogen) atoms. The Kier molecular flexibility index (Phi) is 5.59. The van der Waals surface area contributed by atoms with Gasteiger partial charge in [0.1, 0.15) is 5.82 Å². The highest BCUT2D eigenvalue weighted by atomic mass is 32.2. The van der Waals surface area contributed by atoms with Gasteiger partial charge in [0.05, 0.1) is 23.1 Å². The summed E-state index contributed by atoms with van der Waals surface area (Å²) in [5.74, 6) is 0.469. The highest BCUT2D eigenvalue weighted by Gasteiger charge is 2.29. The maximum absolute atomic E-state index is 12.9. The fourth-order valence-corrected chi connectivity index (χ4v) is 5.37. The standard InChI is InChI=1S/C21H25N5O3S/c1-14-4-2-6-17(12-14)30(27,28)26-10-8-16(9-11-26)29-13-15-5-3-7-18-19(15)20(22)25-21(23)24-18/h2-7,12,16H,8-11,13H2,1H3,(H4,22,23,24,25). The zero-order valence-corrected chi connectivity index (χ0v) is 17.6. The molecular formula is C21H25N5O3S. The molecule has 0 saturated carbocycles. The second-order valence-corrected chi connectivity index (χ2v) is 9.45. The Labute approximate surface area is 175 Å². The van der Waals surface area contributed by atoms with Crippen molar-refractivity contribution < 1.29 is 13.2 Å². The SMILES string of the molecule is Cc1cccc(S(=O)(=O)N2CCC(OCc3cccc4nc(N)nc(N)c34)CC2)c1. The average molecular weight is 428 g/mol. The van der Waals surface area contributed by atoms with E-state index in [2.05, 4.69) is 9.97 Å². The van der Waals surface area contributed by atoms with Gasteiger partial charge in [-0.15, -0.1) is 0 Å². The summed E-state index contributed by atoms with van der Waals surface area (Å²) in [5.41, 5.74) is 14.2. The quantitative estimate of drug-likeness (QED) is 0.641.